The lowest BCUT2D eigenvalue weighted by Gasteiger charge is -2.29. The number of rotatable bonds is 4. The van der Waals surface area contributed by atoms with Crippen LogP contribution in [0.5, 0.6) is 5.75 Å². The number of benzene rings is 1. The first-order valence-corrected chi connectivity index (χ1v) is 7.04. The zero-order valence-corrected chi connectivity index (χ0v) is 13.5. The molecule has 2 N–H and O–H groups in total. The maximum Gasteiger partial charge on any atom is 0.336 e. The molecule has 1 aliphatic rings. The SMILES string of the molecule is COC(=O)C1=C(C)NC(C)=C(C(=O)O)C1c1ccc(OC)cc1. The van der Waals surface area contributed by atoms with Crippen LogP contribution >= 0.6 is 0 Å². The number of dihydropyridines is 1. The van der Waals surface area contributed by atoms with Gasteiger partial charge in [0.2, 0.25) is 0 Å². The van der Waals surface area contributed by atoms with Crippen LogP contribution < -0.4 is 10.1 Å². The Morgan fingerprint density at radius 2 is 1.61 bits per heavy atom. The standard InChI is InChI=1S/C17H19NO5/c1-9-13(16(19)20)15(11-5-7-12(22-3)8-6-11)14(10(2)18-9)17(21)23-4/h5-8,15,18H,1-4H3,(H,19,20). The number of ether oxygens (including phenoxy) is 2. The minimum Gasteiger partial charge on any atom is -0.497 e. The number of nitrogens with one attached hydrogen (secondary N) is 1. The monoisotopic (exact) mass is 317 g/mol. The third-order valence-electron chi connectivity index (χ3n) is 3.85. The molecule has 1 aliphatic heterocycles. The molecule has 1 unspecified atom stereocenters. The van der Waals surface area contributed by atoms with Gasteiger partial charge in [0.15, 0.2) is 0 Å². The van der Waals surface area contributed by atoms with Gasteiger partial charge in [-0.2, -0.15) is 0 Å². The summed E-state index contributed by atoms with van der Waals surface area (Å²) in [6.45, 7) is 3.41. The van der Waals surface area contributed by atoms with E-state index in [-0.39, 0.29) is 5.57 Å². The minimum atomic E-state index is -1.08. The summed E-state index contributed by atoms with van der Waals surface area (Å²) in [7, 11) is 2.83. The molecule has 1 aromatic rings. The summed E-state index contributed by atoms with van der Waals surface area (Å²) in [6, 6.07) is 6.97. The molecule has 1 atom stereocenters. The first kappa shape index (κ1) is 16.6. The van der Waals surface area contributed by atoms with Crippen molar-refractivity contribution in [3.8, 4) is 5.75 Å². The lowest BCUT2D eigenvalue weighted by molar-refractivity contribution is -0.136. The minimum absolute atomic E-state index is 0.126. The topological polar surface area (TPSA) is 84.9 Å². The predicted molar refractivity (Wildman–Crippen MR) is 83.9 cm³/mol. The number of hydrogen-bond donors (Lipinski definition) is 2. The highest BCUT2D eigenvalue weighted by atomic mass is 16.5. The van der Waals surface area contributed by atoms with Crippen LogP contribution in [0.25, 0.3) is 0 Å². The smallest absolute Gasteiger partial charge is 0.336 e. The summed E-state index contributed by atoms with van der Waals surface area (Å²) in [5.74, 6) is -1.68. The maximum absolute atomic E-state index is 12.2. The van der Waals surface area contributed by atoms with E-state index in [4.69, 9.17) is 9.47 Å². The van der Waals surface area contributed by atoms with Crippen molar-refractivity contribution in [2.75, 3.05) is 14.2 Å². The first-order valence-electron chi connectivity index (χ1n) is 7.04. The molecule has 0 aromatic heterocycles. The van der Waals surface area contributed by atoms with Crippen molar-refractivity contribution in [2.45, 2.75) is 19.8 Å². The van der Waals surface area contributed by atoms with E-state index in [2.05, 4.69) is 5.32 Å². The van der Waals surface area contributed by atoms with E-state index in [1.54, 1.807) is 45.2 Å². The second-order valence-corrected chi connectivity index (χ2v) is 5.21. The van der Waals surface area contributed by atoms with Crippen LogP contribution in [0.3, 0.4) is 0 Å². The van der Waals surface area contributed by atoms with Crippen molar-refractivity contribution >= 4 is 11.9 Å². The summed E-state index contributed by atoms with van der Waals surface area (Å²) in [5, 5.41) is 12.6. The van der Waals surface area contributed by atoms with E-state index < -0.39 is 17.9 Å². The Hall–Kier alpha value is -2.76. The van der Waals surface area contributed by atoms with Crippen LogP contribution in [0, 0.1) is 0 Å². The Morgan fingerprint density at radius 1 is 1.04 bits per heavy atom. The average Bonchev–Trinajstić information content (AvgIpc) is 2.53. The van der Waals surface area contributed by atoms with Gasteiger partial charge in [-0.3, -0.25) is 0 Å². The normalized spacial score (nSPS) is 17.7. The van der Waals surface area contributed by atoms with Gasteiger partial charge in [0.1, 0.15) is 5.75 Å². The molecule has 0 bridgehead atoms. The molecule has 0 fully saturated rings. The summed E-state index contributed by atoms with van der Waals surface area (Å²) in [5.41, 5.74) is 2.19. The Labute approximate surface area is 134 Å². The maximum atomic E-state index is 12.2. The predicted octanol–water partition coefficient (Wildman–Crippen LogP) is 2.19. The Bertz CT molecular complexity index is 700. The molecule has 23 heavy (non-hydrogen) atoms. The molecule has 0 saturated carbocycles. The number of methoxy groups -OCH3 is 2. The Morgan fingerprint density at radius 3 is 2.09 bits per heavy atom. The molecule has 1 aromatic carbocycles. The lowest BCUT2D eigenvalue weighted by Crippen LogP contribution is -2.31. The Kier molecular flexibility index (Phi) is 4.74. The van der Waals surface area contributed by atoms with Crippen molar-refractivity contribution < 1.29 is 24.2 Å². The fourth-order valence-corrected chi connectivity index (χ4v) is 2.79. The molecule has 0 amide bonds. The summed E-state index contributed by atoms with van der Waals surface area (Å²) >= 11 is 0. The van der Waals surface area contributed by atoms with Crippen molar-refractivity contribution in [1.29, 1.82) is 0 Å². The van der Waals surface area contributed by atoms with Crippen molar-refractivity contribution in [2.24, 2.45) is 0 Å². The van der Waals surface area contributed by atoms with Crippen LogP contribution in [-0.4, -0.2) is 31.3 Å². The van der Waals surface area contributed by atoms with Crippen molar-refractivity contribution in [3.63, 3.8) is 0 Å². The molecule has 6 nitrogen and oxygen atoms in total. The second-order valence-electron chi connectivity index (χ2n) is 5.21. The molecule has 2 rings (SSSR count). The summed E-state index contributed by atoms with van der Waals surface area (Å²) < 4.78 is 9.97. The number of carbonyl (C=O) groups is 2. The molecule has 122 valence electrons. The van der Waals surface area contributed by atoms with Crippen LogP contribution in [-0.2, 0) is 14.3 Å². The van der Waals surface area contributed by atoms with Gasteiger partial charge in [-0.05, 0) is 31.5 Å². The van der Waals surface area contributed by atoms with Crippen molar-refractivity contribution in [1.82, 2.24) is 5.32 Å². The first-order chi connectivity index (χ1) is 10.9. The molecular weight excluding hydrogens is 298 g/mol. The molecule has 0 saturated heterocycles. The van der Waals surface area contributed by atoms with Gasteiger partial charge in [0, 0.05) is 11.4 Å². The number of carboxylic acid groups (broad SMARTS) is 1. The Balaban J connectivity index is 2.63. The van der Waals surface area contributed by atoms with E-state index >= 15 is 0 Å². The van der Waals surface area contributed by atoms with Crippen LogP contribution in [0.2, 0.25) is 0 Å². The summed E-state index contributed by atoms with van der Waals surface area (Å²) in [6.07, 6.45) is 0. The van der Waals surface area contributed by atoms with Crippen LogP contribution in [0.1, 0.15) is 25.3 Å². The molecule has 1 heterocycles. The molecular formula is C17H19NO5. The number of esters is 1. The fraction of sp³-hybridized carbons (Fsp3) is 0.294. The summed E-state index contributed by atoms with van der Waals surface area (Å²) in [4.78, 5) is 23.9. The zero-order valence-electron chi connectivity index (χ0n) is 13.5. The third kappa shape index (κ3) is 3.06. The van der Waals surface area contributed by atoms with Crippen LogP contribution in [0.15, 0.2) is 46.8 Å². The van der Waals surface area contributed by atoms with Crippen LogP contribution in [0.4, 0.5) is 0 Å². The fourth-order valence-electron chi connectivity index (χ4n) is 2.79. The number of carbonyl (C=O) groups excluding carboxylic acids is 1. The average molecular weight is 317 g/mol. The number of aliphatic carboxylic acids is 1. The van der Waals surface area contributed by atoms with Gasteiger partial charge < -0.3 is 19.9 Å². The highest BCUT2D eigenvalue weighted by Crippen LogP contribution is 2.39. The third-order valence-corrected chi connectivity index (χ3v) is 3.85. The second kappa shape index (κ2) is 6.56. The van der Waals surface area contributed by atoms with Gasteiger partial charge >= 0.3 is 11.9 Å². The van der Waals surface area contributed by atoms with Gasteiger partial charge in [0.05, 0.1) is 31.3 Å². The largest absolute Gasteiger partial charge is 0.497 e. The van der Waals surface area contributed by atoms with Gasteiger partial charge in [-0.1, -0.05) is 12.1 Å². The highest BCUT2D eigenvalue weighted by molar-refractivity contribution is 5.99. The van der Waals surface area contributed by atoms with Gasteiger partial charge in [0.25, 0.3) is 0 Å². The van der Waals surface area contributed by atoms with E-state index in [9.17, 15) is 14.7 Å². The number of allylic oxidation sites excluding steroid dienone is 2. The number of carboxylic acids is 1. The van der Waals surface area contributed by atoms with E-state index in [0.29, 0.717) is 28.3 Å². The van der Waals surface area contributed by atoms with E-state index in [1.165, 1.54) is 7.11 Å². The molecule has 6 heteroatoms. The van der Waals surface area contributed by atoms with E-state index in [0.717, 1.165) is 0 Å². The quantitative estimate of drug-likeness (QED) is 0.828. The number of hydrogen-bond acceptors (Lipinski definition) is 5. The van der Waals surface area contributed by atoms with Gasteiger partial charge in [-0.15, -0.1) is 0 Å². The molecule has 0 spiro atoms. The molecule has 0 aliphatic carbocycles. The highest BCUT2D eigenvalue weighted by Gasteiger charge is 2.36. The van der Waals surface area contributed by atoms with Gasteiger partial charge in [-0.25, -0.2) is 9.59 Å². The molecule has 0 radical (unpaired) electrons. The van der Waals surface area contributed by atoms with E-state index in [1.807, 2.05) is 0 Å². The lowest BCUT2D eigenvalue weighted by atomic mass is 9.80. The zero-order chi connectivity index (χ0) is 17.1. The van der Waals surface area contributed by atoms with Crippen molar-refractivity contribution in [3.05, 3.63) is 52.4 Å².